The van der Waals surface area contributed by atoms with Crippen molar-refractivity contribution < 1.29 is 4.74 Å². The molecule has 106 valence electrons. The van der Waals surface area contributed by atoms with Gasteiger partial charge in [-0.3, -0.25) is 0 Å². The molecule has 1 aliphatic rings. The summed E-state index contributed by atoms with van der Waals surface area (Å²) in [6.45, 7) is 7.40. The molecule has 1 aromatic heterocycles. The molecule has 1 aromatic rings. The van der Waals surface area contributed by atoms with Gasteiger partial charge in [0, 0.05) is 12.7 Å². The van der Waals surface area contributed by atoms with E-state index in [1.54, 1.807) is 0 Å². The maximum Gasteiger partial charge on any atom is 0.168 e. The van der Waals surface area contributed by atoms with E-state index in [1.165, 1.54) is 32.1 Å². The van der Waals surface area contributed by atoms with Crippen LogP contribution in [0, 0.1) is 5.41 Å². The molecule has 0 spiro atoms. The third-order valence-corrected chi connectivity index (χ3v) is 4.18. The highest BCUT2D eigenvalue weighted by molar-refractivity contribution is 5.49. The van der Waals surface area contributed by atoms with Crippen molar-refractivity contribution in [3.63, 3.8) is 0 Å². The van der Waals surface area contributed by atoms with E-state index in [0.29, 0.717) is 5.41 Å². The molecule has 3 heteroatoms. The Bertz CT molecular complexity index is 397. The number of nitrogens with one attached hydrogen (secondary N) is 1. The van der Waals surface area contributed by atoms with E-state index >= 15 is 0 Å². The highest BCUT2D eigenvalue weighted by atomic mass is 16.5. The summed E-state index contributed by atoms with van der Waals surface area (Å²) in [4.78, 5) is 4.42. The van der Waals surface area contributed by atoms with Gasteiger partial charge in [-0.15, -0.1) is 0 Å². The minimum atomic E-state index is 0.177. The van der Waals surface area contributed by atoms with Gasteiger partial charge in [0.25, 0.3) is 0 Å². The lowest BCUT2D eigenvalue weighted by Crippen LogP contribution is -2.26. The second-order valence-corrected chi connectivity index (χ2v) is 5.93. The molecule has 1 aliphatic carbocycles. The maximum absolute atomic E-state index is 5.80. The van der Waals surface area contributed by atoms with Gasteiger partial charge in [-0.1, -0.05) is 19.8 Å². The highest BCUT2D eigenvalue weighted by Gasteiger charge is 2.31. The van der Waals surface area contributed by atoms with Gasteiger partial charge in [0.2, 0.25) is 0 Å². The van der Waals surface area contributed by atoms with Crippen LogP contribution in [0.3, 0.4) is 0 Å². The van der Waals surface area contributed by atoms with E-state index in [-0.39, 0.29) is 6.10 Å². The number of ether oxygens (including phenoxy) is 1. The Morgan fingerprint density at radius 1 is 1.37 bits per heavy atom. The van der Waals surface area contributed by atoms with Crippen LogP contribution in [0.2, 0.25) is 0 Å². The molecule has 1 saturated carbocycles. The quantitative estimate of drug-likeness (QED) is 0.832. The Labute approximate surface area is 116 Å². The summed E-state index contributed by atoms with van der Waals surface area (Å²) in [7, 11) is 0. The Hall–Kier alpha value is -1.25. The van der Waals surface area contributed by atoms with Gasteiger partial charge in [0.15, 0.2) is 11.6 Å². The van der Waals surface area contributed by atoms with Gasteiger partial charge in [0.1, 0.15) is 0 Å². The van der Waals surface area contributed by atoms with Crippen LogP contribution in [-0.2, 0) is 0 Å². The van der Waals surface area contributed by atoms with E-state index in [2.05, 4.69) is 17.2 Å². The van der Waals surface area contributed by atoms with E-state index in [9.17, 15) is 0 Å². The van der Waals surface area contributed by atoms with Crippen molar-refractivity contribution in [3.8, 4) is 5.75 Å². The zero-order valence-corrected chi connectivity index (χ0v) is 12.4. The number of nitrogens with zero attached hydrogens (tertiary/aromatic N) is 1. The van der Waals surface area contributed by atoms with Crippen molar-refractivity contribution in [2.75, 3.05) is 11.9 Å². The van der Waals surface area contributed by atoms with Crippen molar-refractivity contribution in [1.29, 1.82) is 0 Å². The number of pyridine rings is 1. The average molecular weight is 262 g/mol. The molecule has 0 bridgehead atoms. The second-order valence-electron chi connectivity index (χ2n) is 5.93. The molecule has 0 unspecified atom stereocenters. The molecule has 0 aliphatic heterocycles. The number of anilines is 1. The van der Waals surface area contributed by atoms with Crippen LogP contribution in [0.5, 0.6) is 5.75 Å². The molecule has 1 heterocycles. The molecule has 2 rings (SSSR count). The smallest absolute Gasteiger partial charge is 0.168 e. The average Bonchev–Trinajstić information content (AvgIpc) is 2.87. The maximum atomic E-state index is 5.80. The first-order valence-electron chi connectivity index (χ1n) is 7.51. The summed E-state index contributed by atoms with van der Waals surface area (Å²) in [6, 6.07) is 3.91. The Balaban J connectivity index is 2.02. The molecule has 0 radical (unpaired) electrons. The number of rotatable bonds is 6. The minimum absolute atomic E-state index is 0.177. The van der Waals surface area contributed by atoms with Crippen molar-refractivity contribution in [1.82, 2.24) is 4.98 Å². The fraction of sp³-hybridized carbons (Fsp3) is 0.688. The Morgan fingerprint density at radius 2 is 2.11 bits per heavy atom. The normalized spacial score (nSPS) is 17.7. The number of aromatic nitrogens is 1. The van der Waals surface area contributed by atoms with Crippen molar-refractivity contribution in [2.45, 2.75) is 59.0 Å². The summed E-state index contributed by atoms with van der Waals surface area (Å²) in [5.74, 6) is 1.75. The summed E-state index contributed by atoms with van der Waals surface area (Å²) >= 11 is 0. The second kappa shape index (κ2) is 6.27. The van der Waals surface area contributed by atoms with E-state index in [4.69, 9.17) is 4.74 Å². The van der Waals surface area contributed by atoms with Gasteiger partial charge >= 0.3 is 0 Å². The minimum Gasteiger partial charge on any atom is -0.487 e. The lowest BCUT2D eigenvalue weighted by atomic mass is 9.83. The van der Waals surface area contributed by atoms with Gasteiger partial charge in [-0.25, -0.2) is 4.98 Å². The molecule has 3 nitrogen and oxygen atoms in total. The topological polar surface area (TPSA) is 34.2 Å². The van der Waals surface area contributed by atoms with Crippen LogP contribution in [-0.4, -0.2) is 17.6 Å². The third-order valence-electron chi connectivity index (χ3n) is 4.18. The van der Waals surface area contributed by atoms with Gasteiger partial charge in [-0.05, 0) is 50.7 Å². The molecule has 19 heavy (non-hydrogen) atoms. The van der Waals surface area contributed by atoms with Crippen molar-refractivity contribution in [3.05, 3.63) is 18.3 Å². The van der Waals surface area contributed by atoms with Crippen LogP contribution >= 0.6 is 0 Å². The molecule has 0 atom stereocenters. The van der Waals surface area contributed by atoms with Crippen LogP contribution in [0.4, 0.5) is 5.82 Å². The lowest BCUT2D eigenvalue weighted by molar-refractivity contribution is 0.242. The zero-order chi connectivity index (χ0) is 13.7. The zero-order valence-electron chi connectivity index (χ0n) is 12.4. The monoisotopic (exact) mass is 262 g/mol. The molecule has 0 aromatic carbocycles. The van der Waals surface area contributed by atoms with Gasteiger partial charge in [0.05, 0.1) is 6.10 Å². The standard InChI is InChI=1S/C16H26N2O/c1-4-16(9-5-6-10-16)12-18-15-14(19-13(2)3)8-7-11-17-15/h7-8,11,13H,4-6,9-10,12H2,1-3H3,(H,17,18). The summed E-state index contributed by atoms with van der Waals surface area (Å²) < 4.78 is 5.80. The first-order chi connectivity index (χ1) is 9.15. The van der Waals surface area contributed by atoms with Crippen molar-refractivity contribution in [2.24, 2.45) is 5.41 Å². The van der Waals surface area contributed by atoms with Gasteiger partial charge < -0.3 is 10.1 Å². The molecule has 1 fully saturated rings. The van der Waals surface area contributed by atoms with E-state index in [0.717, 1.165) is 18.1 Å². The van der Waals surface area contributed by atoms with Crippen molar-refractivity contribution >= 4 is 5.82 Å². The van der Waals surface area contributed by atoms with Crippen LogP contribution < -0.4 is 10.1 Å². The fourth-order valence-electron chi connectivity index (χ4n) is 2.92. The Kier molecular flexibility index (Phi) is 4.67. The molecular formula is C16H26N2O. The highest BCUT2D eigenvalue weighted by Crippen LogP contribution is 2.41. The summed E-state index contributed by atoms with van der Waals surface area (Å²) in [5, 5.41) is 3.52. The summed E-state index contributed by atoms with van der Waals surface area (Å²) in [6.07, 6.45) is 8.65. The molecule has 0 amide bonds. The van der Waals surface area contributed by atoms with E-state index in [1.807, 2.05) is 32.2 Å². The lowest BCUT2D eigenvalue weighted by Gasteiger charge is -2.28. The third kappa shape index (κ3) is 3.62. The number of hydrogen-bond donors (Lipinski definition) is 1. The van der Waals surface area contributed by atoms with Crippen LogP contribution in [0.1, 0.15) is 52.9 Å². The SMILES string of the molecule is CCC1(CNc2ncccc2OC(C)C)CCCC1. The predicted molar refractivity (Wildman–Crippen MR) is 79.7 cm³/mol. The first-order valence-corrected chi connectivity index (χ1v) is 7.51. The van der Waals surface area contributed by atoms with Crippen LogP contribution in [0.15, 0.2) is 18.3 Å². The number of hydrogen-bond acceptors (Lipinski definition) is 3. The van der Waals surface area contributed by atoms with Gasteiger partial charge in [-0.2, -0.15) is 0 Å². The fourth-order valence-corrected chi connectivity index (χ4v) is 2.92. The first kappa shape index (κ1) is 14.2. The van der Waals surface area contributed by atoms with Crippen LogP contribution in [0.25, 0.3) is 0 Å². The van der Waals surface area contributed by atoms with E-state index < -0.39 is 0 Å². The molecular weight excluding hydrogens is 236 g/mol. The molecule has 0 saturated heterocycles. The largest absolute Gasteiger partial charge is 0.487 e. The summed E-state index contributed by atoms with van der Waals surface area (Å²) in [5.41, 5.74) is 0.465. The predicted octanol–water partition coefficient (Wildman–Crippen LogP) is 4.25. The molecule has 1 N–H and O–H groups in total. The Morgan fingerprint density at radius 3 is 2.74 bits per heavy atom.